The Morgan fingerprint density at radius 2 is 1.93 bits per heavy atom. The molecular formula is C10H12ClNO2. The van der Waals surface area contributed by atoms with Crippen molar-refractivity contribution in [1.82, 2.24) is 0 Å². The summed E-state index contributed by atoms with van der Waals surface area (Å²) in [7, 11) is 0. The molecule has 1 spiro atoms. The molecule has 2 saturated carbocycles. The van der Waals surface area contributed by atoms with Crippen LogP contribution >= 0.6 is 11.6 Å². The Labute approximate surface area is 87.9 Å². The maximum Gasteiger partial charge on any atom is 0.171 e. The summed E-state index contributed by atoms with van der Waals surface area (Å²) >= 11 is 6.24. The zero-order chi connectivity index (χ0) is 9.81. The topological polar surface area (TPSA) is 42.2 Å². The molecule has 3 nitrogen and oxygen atoms in total. The van der Waals surface area contributed by atoms with E-state index in [4.69, 9.17) is 26.3 Å². The smallest absolute Gasteiger partial charge is 0.171 e. The van der Waals surface area contributed by atoms with Gasteiger partial charge in [0.2, 0.25) is 0 Å². The molecule has 0 N–H and O–H groups in total. The third kappa shape index (κ3) is 0.942. The molecule has 14 heavy (non-hydrogen) atoms. The largest absolute Gasteiger partial charge is 0.347 e. The number of rotatable bonds is 0. The first kappa shape index (κ1) is 8.96. The van der Waals surface area contributed by atoms with Crippen molar-refractivity contribution in [3.05, 3.63) is 0 Å². The van der Waals surface area contributed by atoms with Crippen LogP contribution in [0.1, 0.15) is 19.3 Å². The van der Waals surface area contributed by atoms with Gasteiger partial charge in [0.1, 0.15) is 4.87 Å². The molecule has 3 unspecified atom stereocenters. The molecule has 1 heterocycles. The Balaban J connectivity index is 1.87. The van der Waals surface area contributed by atoms with Gasteiger partial charge in [0.25, 0.3) is 0 Å². The molecule has 0 radical (unpaired) electrons. The Kier molecular flexibility index (Phi) is 1.69. The lowest BCUT2D eigenvalue weighted by Gasteiger charge is -2.36. The van der Waals surface area contributed by atoms with Crippen molar-refractivity contribution in [2.75, 3.05) is 13.2 Å². The minimum Gasteiger partial charge on any atom is -0.347 e. The number of hydrogen-bond acceptors (Lipinski definition) is 3. The standard InChI is InChI=1S/C10H12ClNO2/c11-9(6-12)4-8-3-7(9)5-10(8)13-1-2-14-10/h7-8H,1-5H2. The predicted molar refractivity (Wildman–Crippen MR) is 49.7 cm³/mol. The summed E-state index contributed by atoms with van der Waals surface area (Å²) in [5, 5.41) is 9.02. The van der Waals surface area contributed by atoms with E-state index in [1.165, 1.54) is 0 Å². The van der Waals surface area contributed by atoms with Gasteiger partial charge in [-0.05, 0) is 18.8 Å². The van der Waals surface area contributed by atoms with E-state index in [0.717, 1.165) is 19.3 Å². The molecule has 0 amide bonds. The van der Waals surface area contributed by atoms with Gasteiger partial charge in [-0.3, -0.25) is 0 Å². The summed E-state index contributed by atoms with van der Waals surface area (Å²) in [6.45, 7) is 1.37. The molecule has 4 heteroatoms. The number of alkyl halides is 1. The zero-order valence-corrected chi connectivity index (χ0v) is 8.59. The summed E-state index contributed by atoms with van der Waals surface area (Å²) < 4.78 is 11.4. The number of fused-ring (bicyclic) bond motifs is 3. The Bertz CT molecular complexity index is 308. The van der Waals surface area contributed by atoms with Crippen molar-refractivity contribution >= 4 is 11.6 Å². The number of nitrogens with zero attached hydrogens (tertiary/aromatic N) is 1. The molecule has 3 aliphatic rings. The first-order chi connectivity index (χ1) is 6.69. The highest BCUT2D eigenvalue weighted by Gasteiger charge is 2.64. The average molecular weight is 214 g/mol. The second kappa shape index (κ2) is 2.63. The van der Waals surface area contributed by atoms with Gasteiger partial charge in [-0.2, -0.15) is 5.26 Å². The third-order valence-corrected chi connectivity index (χ3v) is 4.42. The van der Waals surface area contributed by atoms with Crippen LogP contribution in [0.5, 0.6) is 0 Å². The summed E-state index contributed by atoms with van der Waals surface area (Å²) in [4.78, 5) is -0.648. The van der Waals surface area contributed by atoms with Crippen LogP contribution in [-0.4, -0.2) is 23.9 Å². The Hall–Kier alpha value is -0.300. The number of halogens is 1. The molecule has 0 aromatic carbocycles. The second-order valence-electron chi connectivity index (χ2n) is 4.52. The van der Waals surface area contributed by atoms with Crippen LogP contribution in [0.25, 0.3) is 0 Å². The van der Waals surface area contributed by atoms with Crippen LogP contribution in [-0.2, 0) is 9.47 Å². The molecule has 3 fully saturated rings. The summed E-state index contributed by atoms with van der Waals surface area (Å²) in [6, 6.07) is 2.23. The molecule has 1 saturated heterocycles. The monoisotopic (exact) mass is 213 g/mol. The van der Waals surface area contributed by atoms with E-state index < -0.39 is 4.87 Å². The fraction of sp³-hybridized carbons (Fsp3) is 0.900. The SMILES string of the molecule is N#CC1(Cl)CC2CC1CC21OCCO1. The first-order valence-corrected chi connectivity index (χ1v) is 5.44. The van der Waals surface area contributed by atoms with Crippen molar-refractivity contribution in [2.24, 2.45) is 11.8 Å². The fourth-order valence-electron chi connectivity index (χ4n) is 3.19. The van der Waals surface area contributed by atoms with E-state index in [0.29, 0.717) is 19.1 Å². The van der Waals surface area contributed by atoms with Crippen LogP contribution in [0.4, 0.5) is 0 Å². The highest BCUT2D eigenvalue weighted by Crippen LogP contribution is 2.60. The molecule has 1 aliphatic heterocycles. The van der Waals surface area contributed by atoms with Gasteiger partial charge in [-0.1, -0.05) is 0 Å². The third-order valence-electron chi connectivity index (χ3n) is 3.87. The molecule has 2 aliphatic carbocycles. The lowest BCUT2D eigenvalue weighted by Crippen LogP contribution is -2.42. The van der Waals surface area contributed by atoms with Crippen molar-refractivity contribution in [1.29, 1.82) is 5.26 Å². The van der Waals surface area contributed by atoms with Crippen LogP contribution in [0.2, 0.25) is 0 Å². The van der Waals surface area contributed by atoms with Gasteiger partial charge in [0.15, 0.2) is 5.79 Å². The van der Waals surface area contributed by atoms with E-state index in [9.17, 15) is 0 Å². The molecule has 76 valence electrons. The molecule has 2 bridgehead atoms. The van der Waals surface area contributed by atoms with Gasteiger partial charge in [-0.15, -0.1) is 11.6 Å². The van der Waals surface area contributed by atoms with Crippen molar-refractivity contribution in [3.63, 3.8) is 0 Å². The van der Waals surface area contributed by atoms with Crippen LogP contribution < -0.4 is 0 Å². The van der Waals surface area contributed by atoms with E-state index in [1.54, 1.807) is 0 Å². The van der Waals surface area contributed by atoms with Crippen molar-refractivity contribution < 1.29 is 9.47 Å². The van der Waals surface area contributed by atoms with E-state index >= 15 is 0 Å². The minimum absolute atomic E-state index is 0.247. The van der Waals surface area contributed by atoms with Gasteiger partial charge in [0, 0.05) is 12.3 Å². The first-order valence-electron chi connectivity index (χ1n) is 5.07. The van der Waals surface area contributed by atoms with E-state index in [1.807, 2.05) is 0 Å². The van der Waals surface area contributed by atoms with Gasteiger partial charge in [-0.25, -0.2) is 0 Å². The summed E-state index contributed by atoms with van der Waals surface area (Å²) in [6.07, 6.45) is 2.50. The number of hydrogen-bond donors (Lipinski definition) is 0. The summed E-state index contributed by atoms with van der Waals surface area (Å²) in [5.74, 6) is 0.198. The molecule has 3 atom stereocenters. The average Bonchev–Trinajstić information content (AvgIpc) is 2.83. The summed E-state index contributed by atoms with van der Waals surface area (Å²) in [5.41, 5.74) is 0. The Morgan fingerprint density at radius 3 is 2.43 bits per heavy atom. The lowest BCUT2D eigenvalue weighted by molar-refractivity contribution is -0.191. The lowest BCUT2D eigenvalue weighted by atomic mass is 9.85. The maximum atomic E-state index is 9.02. The maximum absolute atomic E-state index is 9.02. The zero-order valence-electron chi connectivity index (χ0n) is 7.83. The number of nitriles is 1. The second-order valence-corrected chi connectivity index (χ2v) is 5.20. The highest BCUT2D eigenvalue weighted by molar-refractivity contribution is 6.26. The quantitative estimate of drug-likeness (QED) is 0.575. The van der Waals surface area contributed by atoms with Crippen LogP contribution in [0.15, 0.2) is 0 Å². The predicted octanol–water partition coefficient (Wildman–Crippen LogP) is 1.66. The van der Waals surface area contributed by atoms with Crippen molar-refractivity contribution in [2.45, 2.75) is 29.9 Å². The number of ether oxygens (including phenoxy) is 2. The highest BCUT2D eigenvalue weighted by atomic mass is 35.5. The van der Waals surface area contributed by atoms with E-state index in [-0.39, 0.29) is 11.7 Å². The molecule has 3 rings (SSSR count). The van der Waals surface area contributed by atoms with Gasteiger partial charge < -0.3 is 9.47 Å². The van der Waals surface area contributed by atoms with E-state index in [2.05, 4.69) is 6.07 Å². The molecular weight excluding hydrogens is 202 g/mol. The molecule has 0 aromatic heterocycles. The fourth-order valence-corrected chi connectivity index (χ4v) is 3.54. The van der Waals surface area contributed by atoms with Crippen LogP contribution in [0.3, 0.4) is 0 Å². The normalized spacial score (nSPS) is 48.6. The minimum atomic E-state index is -0.648. The van der Waals surface area contributed by atoms with Crippen molar-refractivity contribution in [3.8, 4) is 6.07 Å². The van der Waals surface area contributed by atoms with Gasteiger partial charge >= 0.3 is 0 Å². The Morgan fingerprint density at radius 1 is 1.21 bits per heavy atom. The molecule has 0 aromatic rings. The van der Waals surface area contributed by atoms with Gasteiger partial charge in [0.05, 0.1) is 19.3 Å². The van der Waals surface area contributed by atoms with Crippen LogP contribution in [0, 0.1) is 23.2 Å².